The lowest BCUT2D eigenvalue weighted by atomic mass is 10.1. The Bertz CT molecular complexity index is 1150. The number of para-hydroxylation sites is 2. The molecule has 3 rings (SSSR count). The fraction of sp³-hybridized carbons (Fsp3) is 0.174. The third kappa shape index (κ3) is 4.73. The zero-order valence-corrected chi connectivity index (χ0v) is 18.8. The van der Waals surface area contributed by atoms with Crippen LogP contribution in [0.3, 0.4) is 0 Å². The molecule has 8 nitrogen and oxygen atoms in total. The lowest BCUT2D eigenvalue weighted by Gasteiger charge is -2.09. The molecule has 0 spiro atoms. The Labute approximate surface area is 189 Å². The molecule has 0 aliphatic heterocycles. The van der Waals surface area contributed by atoms with Crippen LogP contribution in [0.15, 0.2) is 48.5 Å². The van der Waals surface area contributed by atoms with Crippen molar-refractivity contribution in [3.05, 3.63) is 70.1 Å². The largest absolute Gasteiger partial charge is 0.497 e. The number of nitrogens with one attached hydrogen (secondary N) is 2. The number of thiophene rings is 1. The summed E-state index contributed by atoms with van der Waals surface area (Å²) >= 11 is 0.991. The van der Waals surface area contributed by atoms with Crippen LogP contribution in [0, 0.1) is 6.92 Å². The topological polar surface area (TPSA) is 103 Å². The molecule has 0 unspecified atom stereocenters. The van der Waals surface area contributed by atoms with Gasteiger partial charge in [-0.05, 0) is 48.9 Å². The minimum atomic E-state index is -0.653. The van der Waals surface area contributed by atoms with Crippen molar-refractivity contribution >= 4 is 39.8 Å². The smallest absolute Gasteiger partial charge is 0.341 e. The summed E-state index contributed by atoms with van der Waals surface area (Å²) in [5.74, 6) is -0.418. The highest BCUT2D eigenvalue weighted by Crippen LogP contribution is 2.35. The van der Waals surface area contributed by atoms with Crippen LogP contribution in [0.4, 0.5) is 10.7 Å². The van der Waals surface area contributed by atoms with Gasteiger partial charge in [0, 0.05) is 5.56 Å². The first kappa shape index (κ1) is 22.8. The molecule has 3 aromatic rings. The zero-order chi connectivity index (χ0) is 23.3. The minimum absolute atomic E-state index is 0.129. The van der Waals surface area contributed by atoms with Crippen LogP contribution in [-0.2, 0) is 4.74 Å². The lowest BCUT2D eigenvalue weighted by molar-refractivity contribution is 0.0601. The van der Waals surface area contributed by atoms with Crippen LogP contribution in [0.1, 0.15) is 36.0 Å². The van der Waals surface area contributed by atoms with E-state index in [4.69, 9.17) is 14.2 Å². The van der Waals surface area contributed by atoms with Gasteiger partial charge in [0.05, 0.1) is 37.5 Å². The summed E-state index contributed by atoms with van der Waals surface area (Å²) < 4.78 is 15.2. The number of benzene rings is 2. The fourth-order valence-electron chi connectivity index (χ4n) is 3.01. The van der Waals surface area contributed by atoms with Gasteiger partial charge in [-0.3, -0.25) is 9.59 Å². The Balaban J connectivity index is 1.92. The number of carbonyl (C=O) groups is 3. The number of anilines is 2. The molecule has 0 saturated carbocycles. The molecule has 2 N–H and O–H groups in total. The van der Waals surface area contributed by atoms with E-state index in [1.54, 1.807) is 55.5 Å². The molecular formula is C23H22N2O6S. The number of ether oxygens (including phenoxy) is 3. The van der Waals surface area contributed by atoms with Crippen molar-refractivity contribution in [2.75, 3.05) is 32.0 Å². The van der Waals surface area contributed by atoms with Crippen LogP contribution >= 0.6 is 11.3 Å². The van der Waals surface area contributed by atoms with E-state index in [1.807, 2.05) is 0 Å². The number of hydrogen-bond acceptors (Lipinski definition) is 7. The first-order valence-electron chi connectivity index (χ1n) is 9.51. The Morgan fingerprint density at radius 2 is 1.53 bits per heavy atom. The van der Waals surface area contributed by atoms with Gasteiger partial charge in [0.25, 0.3) is 11.8 Å². The van der Waals surface area contributed by atoms with Crippen LogP contribution in [0.25, 0.3) is 0 Å². The number of methoxy groups -OCH3 is 3. The molecule has 0 aliphatic carbocycles. The highest BCUT2D eigenvalue weighted by molar-refractivity contribution is 7.19. The van der Waals surface area contributed by atoms with E-state index in [0.29, 0.717) is 28.3 Å². The Morgan fingerprint density at radius 1 is 0.844 bits per heavy atom. The number of esters is 1. The van der Waals surface area contributed by atoms with Gasteiger partial charge in [0.1, 0.15) is 16.5 Å². The highest BCUT2D eigenvalue weighted by atomic mass is 32.1. The van der Waals surface area contributed by atoms with Crippen molar-refractivity contribution in [2.24, 2.45) is 0 Å². The highest BCUT2D eigenvalue weighted by Gasteiger charge is 2.27. The molecule has 0 bridgehead atoms. The maximum Gasteiger partial charge on any atom is 0.341 e. The second-order valence-electron chi connectivity index (χ2n) is 6.59. The number of hydrogen-bond donors (Lipinski definition) is 2. The summed E-state index contributed by atoms with van der Waals surface area (Å²) in [6.07, 6.45) is 0. The first-order chi connectivity index (χ1) is 15.4. The Kier molecular flexibility index (Phi) is 7.11. The van der Waals surface area contributed by atoms with Crippen LogP contribution in [0.5, 0.6) is 11.5 Å². The van der Waals surface area contributed by atoms with Crippen molar-refractivity contribution in [1.82, 2.24) is 0 Å². The van der Waals surface area contributed by atoms with E-state index in [9.17, 15) is 14.4 Å². The predicted molar refractivity (Wildman–Crippen MR) is 122 cm³/mol. The van der Waals surface area contributed by atoms with E-state index < -0.39 is 17.8 Å². The van der Waals surface area contributed by atoms with E-state index in [2.05, 4.69) is 10.6 Å². The van der Waals surface area contributed by atoms with Crippen LogP contribution in [0.2, 0.25) is 0 Å². The Hall–Kier alpha value is -3.85. The number of amides is 2. The van der Waals surface area contributed by atoms with Gasteiger partial charge in [-0.2, -0.15) is 0 Å². The second kappa shape index (κ2) is 9.97. The molecule has 166 valence electrons. The Morgan fingerprint density at radius 3 is 2.16 bits per heavy atom. The van der Waals surface area contributed by atoms with Gasteiger partial charge in [-0.25, -0.2) is 4.79 Å². The van der Waals surface area contributed by atoms with Gasteiger partial charge in [0.2, 0.25) is 0 Å². The normalized spacial score (nSPS) is 10.2. The monoisotopic (exact) mass is 454 g/mol. The third-order valence-electron chi connectivity index (χ3n) is 4.68. The molecule has 2 amide bonds. The molecule has 32 heavy (non-hydrogen) atoms. The molecule has 1 aromatic heterocycles. The summed E-state index contributed by atoms with van der Waals surface area (Å²) in [6, 6.07) is 13.5. The SMILES string of the molecule is COC(=O)c1c(NC(=O)c2ccc(OC)cc2)sc(C(=O)Nc2ccccc2OC)c1C. The third-order valence-corrected chi connectivity index (χ3v) is 5.88. The quantitative estimate of drug-likeness (QED) is 0.514. The van der Waals surface area contributed by atoms with Gasteiger partial charge in [0.15, 0.2) is 0 Å². The molecule has 0 atom stereocenters. The summed E-state index contributed by atoms with van der Waals surface area (Å²) in [5, 5.41) is 5.72. The summed E-state index contributed by atoms with van der Waals surface area (Å²) in [4.78, 5) is 38.4. The molecular weight excluding hydrogens is 432 g/mol. The number of carbonyl (C=O) groups excluding carboxylic acids is 3. The van der Waals surface area contributed by atoms with Crippen molar-refractivity contribution in [3.63, 3.8) is 0 Å². The maximum absolute atomic E-state index is 13.0. The van der Waals surface area contributed by atoms with Gasteiger partial charge in [-0.15, -0.1) is 11.3 Å². The standard InChI is InChI=1S/C23H22N2O6S/c1-13-18(23(28)31-4)22(25-20(26)14-9-11-15(29-2)12-10-14)32-19(13)21(27)24-16-7-5-6-8-17(16)30-3/h5-12H,1-4H3,(H,24,27)(H,25,26). The van der Waals surface area contributed by atoms with Crippen molar-refractivity contribution in [3.8, 4) is 11.5 Å². The lowest BCUT2D eigenvalue weighted by Crippen LogP contribution is -2.14. The van der Waals surface area contributed by atoms with Crippen molar-refractivity contribution < 1.29 is 28.6 Å². The van der Waals surface area contributed by atoms with E-state index in [-0.39, 0.29) is 15.4 Å². The van der Waals surface area contributed by atoms with E-state index >= 15 is 0 Å². The molecule has 2 aromatic carbocycles. The average Bonchev–Trinajstić information content (AvgIpc) is 3.14. The van der Waals surface area contributed by atoms with Gasteiger partial charge in [-0.1, -0.05) is 12.1 Å². The molecule has 0 saturated heterocycles. The second-order valence-corrected chi connectivity index (χ2v) is 7.61. The maximum atomic E-state index is 13.0. The van der Waals surface area contributed by atoms with E-state index in [1.165, 1.54) is 21.3 Å². The van der Waals surface area contributed by atoms with Gasteiger partial charge >= 0.3 is 5.97 Å². The zero-order valence-electron chi connectivity index (χ0n) is 18.0. The summed E-state index contributed by atoms with van der Waals surface area (Å²) in [6.45, 7) is 1.63. The molecule has 9 heteroatoms. The van der Waals surface area contributed by atoms with Crippen LogP contribution < -0.4 is 20.1 Å². The molecule has 0 aliphatic rings. The van der Waals surface area contributed by atoms with Crippen molar-refractivity contribution in [2.45, 2.75) is 6.92 Å². The minimum Gasteiger partial charge on any atom is -0.497 e. The molecule has 1 heterocycles. The average molecular weight is 455 g/mol. The fourth-order valence-corrected chi connectivity index (χ4v) is 4.10. The predicted octanol–water partition coefficient (Wildman–Crippen LogP) is 4.36. The van der Waals surface area contributed by atoms with E-state index in [0.717, 1.165) is 11.3 Å². The van der Waals surface area contributed by atoms with Gasteiger partial charge < -0.3 is 24.8 Å². The molecule has 0 radical (unpaired) electrons. The van der Waals surface area contributed by atoms with Crippen molar-refractivity contribution in [1.29, 1.82) is 0 Å². The summed E-state index contributed by atoms with van der Waals surface area (Å²) in [5.41, 5.74) is 1.38. The summed E-state index contributed by atoms with van der Waals surface area (Å²) in [7, 11) is 4.27. The first-order valence-corrected chi connectivity index (χ1v) is 10.3. The molecule has 0 fully saturated rings. The number of rotatable bonds is 7. The van der Waals surface area contributed by atoms with Crippen LogP contribution in [-0.4, -0.2) is 39.1 Å².